The standard InChI is InChI=1S/C8H7B/c9-8-3-1-2-6-4-5-7(6)8/h1-3H,4-5H2. The second-order valence-corrected chi connectivity index (χ2v) is 2.48. The minimum absolute atomic E-state index is 0.971. The van der Waals surface area contributed by atoms with Gasteiger partial charge in [0, 0.05) is 0 Å². The molecule has 1 aromatic carbocycles. The average Bonchev–Trinajstić information content (AvgIpc) is 1.74. The van der Waals surface area contributed by atoms with Gasteiger partial charge in [-0.15, -0.1) is 0 Å². The molecule has 0 atom stereocenters. The predicted molar refractivity (Wildman–Crippen MR) is 39.2 cm³/mol. The van der Waals surface area contributed by atoms with Gasteiger partial charge in [0.05, 0.1) is 0 Å². The number of hydrogen-bond acceptors (Lipinski definition) is 0. The van der Waals surface area contributed by atoms with E-state index in [9.17, 15) is 0 Å². The molecule has 0 aliphatic heterocycles. The molecule has 0 saturated carbocycles. The normalized spacial score (nSPS) is 14.2. The van der Waals surface area contributed by atoms with Crippen molar-refractivity contribution in [3.05, 3.63) is 29.3 Å². The quantitative estimate of drug-likeness (QED) is 0.432. The molecule has 0 unspecified atom stereocenters. The minimum Gasteiger partial charge on any atom is -0.0933 e. The molecule has 2 radical (unpaired) electrons. The van der Waals surface area contributed by atoms with Crippen LogP contribution < -0.4 is 5.46 Å². The third kappa shape index (κ3) is 0.609. The fraction of sp³-hybridized carbons (Fsp3) is 0.250. The zero-order chi connectivity index (χ0) is 6.27. The molecular weight excluding hydrogens is 107 g/mol. The molecule has 0 spiro atoms. The first-order chi connectivity index (χ1) is 4.38. The van der Waals surface area contributed by atoms with Crippen LogP contribution in [0.3, 0.4) is 0 Å². The summed E-state index contributed by atoms with van der Waals surface area (Å²) in [7, 11) is 5.67. The van der Waals surface area contributed by atoms with Gasteiger partial charge in [-0.25, -0.2) is 0 Å². The summed E-state index contributed by atoms with van der Waals surface area (Å²) in [6.07, 6.45) is 2.41. The monoisotopic (exact) mass is 114 g/mol. The van der Waals surface area contributed by atoms with E-state index in [1.165, 1.54) is 24.0 Å². The SMILES string of the molecule is [B]c1cccc2c1CC2. The van der Waals surface area contributed by atoms with Crippen molar-refractivity contribution in [2.24, 2.45) is 0 Å². The van der Waals surface area contributed by atoms with Crippen LogP contribution in [0.2, 0.25) is 0 Å². The average molecular weight is 114 g/mol. The van der Waals surface area contributed by atoms with E-state index in [0.29, 0.717) is 0 Å². The summed E-state index contributed by atoms with van der Waals surface area (Å²) in [5.74, 6) is 0. The summed E-state index contributed by atoms with van der Waals surface area (Å²) >= 11 is 0. The van der Waals surface area contributed by atoms with E-state index in [0.717, 1.165) is 5.46 Å². The highest BCUT2D eigenvalue weighted by Crippen LogP contribution is 2.18. The number of aryl methyl sites for hydroxylation is 1. The van der Waals surface area contributed by atoms with Crippen LogP contribution in [0, 0.1) is 0 Å². The second kappa shape index (κ2) is 1.63. The molecule has 1 aliphatic rings. The fourth-order valence-corrected chi connectivity index (χ4v) is 1.28. The molecule has 2 rings (SSSR count). The van der Waals surface area contributed by atoms with Crippen molar-refractivity contribution in [3.63, 3.8) is 0 Å². The molecule has 0 aromatic heterocycles. The van der Waals surface area contributed by atoms with Crippen molar-refractivity contribution in [2.75, 3.05) is 0 Å². The Bertz CT molecular complexity index is 226. The Morgan fingerprint density at radius 1 is 1.22 bits per heavy atom. The summed E-state index contributed by atoms with van der Waals surface area (Å²) in [5.41, 5.74) is 3.78. The molecule has 0 bridgehead atoms. The van der Waals surface area contributed by atoms with E-state index in [4.69, 9.17) is 7.85 Å². The zero-order valence-electron chi connectivity index (χ0n) is 5.22. The van der Waals surface area contributed by atoms with Crippen LogP contribution in [0.15, 0.2) is 18.2 Å². The maximum absolute atomic E-state index is 5.67. The lowest BCUT2D eigenvalue weighted by molar-refractivity contribution is 0.848. The van der Waals surface area contributed by atoms with Crippen molar-refractivity contribution >= 4 is 13.3 Å². The molecule has 0 fully saturated rings. The highest BCUT2D eigenvalue weighted by atomic mass is 14.2. The minimum atomic E-state index is 0.971. The lowest BCUT2D eigenvalue weighted by Gasteiger charge is -2.20. The van der Waals surface area contributed by atoms with Gasteiger partial charge in [-0.3, -0.25) is 0 Å². The van der Waals surface area contributed by atoms with Gasteiger partial charge >= 0.3 is 0 Å². The van der Waals surface area contributed by atoms with Gasteiger partial charge in [-0.1, -0.05) is 29.2 Å². The van der Waals surface area contributed by atoms with E-state index in [2.05, 4.69) is 6.07 Å². The lowest BCUT2D eigenvalue weighted by atomic mass is 9.78. The van der Waals surface area contributed by atoms with Crippen LogP contribution >= 0.6 is 0 Å². The van der Waals surface area contributed by atoms with Gasteiger partial charge < -0.3 is 0 Å². The smallest absolute Gasteiger partial charge is 0.0933 e. The van der Waals surface area contributed by atoms with Crippen LogP contribution in [-0.4, -0.2) is 7.85 Å². The summed E-state index contributed by atoms with van der Waals surface area (Å²) in [5, 5.41) is 0. The van der Waals surface area contributed by atoms with Crippen LogP contribution in [0.5, 0.6) is 0 Å². The maximum Gasteiger partial charge on any atom is 0.114 e. The molecule has 0 heterocycles. The van der Waals surface area contributed by atoms with Gasteiger partial charge in [0.2, 0.25) is 0 Å². The first kappa shape index (κ1) is 5.10. The molecule has 1 aromatic rings. The molecular formula is C8H7B. The lowest BCUT2D eigenvalue weighted by Crippen LogP contribution is -2.21. The fourth-order valence-electron chi connectivity index (χ4n) is 1.28. The Morgan fingerprint density at radius 2 is 2.11 bits per heavy atom. The third-order valence-corrected chi connectivity index (χ3v) is 1.95. The Kier molecular flexibility index (Phi) is 0.924. The van der Waals surface area contributed by atoms with E-state index in [1.54, 1.807) is 0 Å². The number of benzene rings is 1. The van der Waals surface area contributed by atoms with Crippen molar-refractivity contribution in [2.45, 2.75) is 12.8 Å². The van der Waals surface area contributed by atoms with Crippen molar-refractivity contribution in [1.29, 1.82) is 0 Å². The first-order valence-corrected chi connectivity index (χ1v) is 3.24. The number of hydrogen-bond donors (Lipinski definition) is 0. The first-order valence-electron chi connectivity index (χ1n) is 3.24. The topological polar surface area (TPSA) is 0 Å². The zero-order valence-corrected chi connectivity index (χ0v) is 5.22. The van der Waals surface area contributed by atoms with Gasteiger partial charge in [0.1, 0.15) is 7.85 Å². The molecule has 1 aliphatic carbocycles. The van der Waals surface area contributed by atoms with E-state index in [1.807, 2.05) is 12.1 Å². The molecule has 0 amide bonds. The van der Waals surface area contributed by atoms with Gasteiger partial charge in [0.25, 0.3) is 0 Å². The Labute approximate surface area is 56.3 Å². The number of rotatable bonds is 0. The molecule has 0 N–H and O–H groups in total. The largest absolute Gasteiger partial charge is 0.114 e. The Morgan fingerprint density at radius 3 is 2.56 bits per heavy atom. The van der Waals surface area contributed by atoms with Crippen molar-refractivity contribution in [3.8, 4) is 0 Å². The van der Waals surface area contributed by atoms with E-state index in [-0.39, 0.29) is 0 Å². The van der Waals surface area contributed by atoms with Crippen LogP contribution in [0.25, 0.3) is 0 Å². The van der Waals surface area contributed by atoms with E-state index < -0.39 is 0 Å². The highest BCUT2D eigenvalue weighted by Gasteiger charge is 2.12. The van der Waals surface area contributed by atoms with Crippen molar-refractivity contribution in [1.82, 2.24) is 0 Å². The van der Waals surface area contributed by atoms with Crippen LogP contribution in [0.4, 0.5) is 0 Å². The van der Waals surface area contributed by atoms with Gasteiger partial charge in [-0.2, -0.15) is 0 Å². The van der Waals surface area contributed by atoms with Crippen LogP contribution in [-0.2, 0) is 12.8 Å². The maximum atomic E-state index is 5.67. The predicted octanol–water partition coefficient (Wildman–Crippen LogP) is 0.579. The van der Waals surface area contributed by atoms with E-state index >= 15 is 0 Å². The molecule has 42 valence electrons. The van der Waals surface area contributed by atoms with Gasteiger partial charge in [0.15, 0.2) is 0 Å². The number of fused-ring (bicyclic) bond motifs is 1. The summed E-state index contributed by atoms with van der Waals surface area (Å²) in [6.45, 7) is 0. The summed E-state index contributed by atoms with van der Waals surface area (Å²) in [4.78, 5) is 0. The Balaban J connectivity index is 2.64. The Hall–Kier alpha value is -0.715. The van der Waals surface area contributed by atoms with Gasteiger partial charge in [-0.05, 0) is 18.4 Å². The second-order valence-electron chi connectivity index (χ2n) is 2.48. The summed E-state index contributed by atoms with van der Waals surface area (Å²) < 4.78 is 0. The third-order valence-electron chi connectivity index (χ3n) is 1.95. The summed E-state index contributed by atoms with van der Waals surface area (Å²) in [6, 6.07) is 6.14. The van der Waals surface area contributed by atoms with Crippen LogP contribution in [0.1, 0.15) is 11.1 Å². The molecule has 0 nitrogen and oxygen atoms in total. The molecule has 1 heteroatoms. The van der Waals surface area contributed by atoms with Crippen molar-refractivity contribution < 1.29 is 0 Å². The molecule has 9 heavy (non-hydrogen) atoms. The highest BCUT2D eigenvalue weighted by molar-refractivity contribution is 6.33. The molecule has 0 saturated heterocycles.